The van der Waals surface area contributed by atoms with Crippen LogP contribution in [0.3, 0.4) is 0 Å². The predicted molar refractivity (Wildman–Crippen MR) is 118 cm³/mol. The molecule has 1 saturated heterocycles. The summed E-state index contributed by atoms with van der Waals surface area (Å²) in [6, 6.07) is 10.3. The average molecular weight is 476 g/mol. The van der Waals surface area contributed by atoms with Gasteiger partial charge in [0, 0.05) is 32.7 Å². The molecule has 2 rings (SSSR count). The molecule has 1 N–H and O–H groups in total. The number of halogens is 1. The number of nitrogens with one attached hydrogen (secondary N) is 1. The molecule has 148 valence electrons. The van der Waals surface area contributed by atoms with Crippen molar-refractivity contribution in [1.29, 1.82) is 0 Å². The molecule has 1 unspecified atom stereocenters. The molecule has 1 heterocycles. The molecule has 1 aliphatic heterocycles. The Morgan fingerprint density at radius 2 is 2.00 bits per heavy atom. The van der Waals surface area contributed by atoms with E-state index in [2.05, 4.69) is 36.0 Å². The zero-order valence-electron chi connectivity index (χ0n) is 16.2. The molecule has 1 aromatic carbocycles. The first-order valence-corrected chi connectivity index (χ1v) is 9.19. The summed E-state index contributed by atoms with van der Waals surface area (Å²) in [6.45, 7) is 11.0. The number of hydrogen-bond donors (Lipinski definition) is 1. The van der Waals surface area contributed by atoms with Gasteiger partial charge in [-0.25, -0.2) is 0 Å². The van der Waals surface area contributed by atoms with Crippen molar-refractivity contribution >= 4 is 29.9 Å². The van der Waals surface area contributed by atoms with Crippen LogP contribution in [0.15, 0.2) is 35.3 Å². The first-order chi connectivity index (χ1) is 12.2. The van der Waals surface area contributed by atoms with Crippen LogP contribution in [0, 0.1) is 0 Å². The minimum absolute atomic E-state index is 0. The van der Waals surface area contributed by atoms with Gasteiger partial charge >= 0.3 is 0 Å². The number of guanidine groups is 1. The zero-order chi connectivity index (χ0) is 17.9. The number of ether oxygens (including phenoxy) is 2. The molecule has 6 nitrogen and oxygen atoms in total. The van der Waals surface area contributed by atoms with E-state index in [1.165, 1.54) is 0 Å². The lowest BCUT2D eigenvalue weighted by atomic mass is 10.2. The molecule has 0 aromatic heterocycles. The van der Waals surface area contributed by atoms with Crippen molar-refractivity contribution in [2.45, 2.75) is 19.9 Å². The van der Waals surface area contributed by atoms with Crippen LogP contribution in [-0.4, -0.2) is 81.4 Å². The van der Waals surface area contributed by atoms with Crippen LogP contribution >= 0.6 is 24.0 Å². The number of likely N-dealkylation sites (N-methyl/N-ethyl adjacent to an activating group) is 1. The van der Waals surface area contributed by atoms with E-state index >= 15 is 0 Å². The third-order valence-corrected chi connectivity index (χ3v) is 4.31. The Bertz CT molecular complexity index is 510. The molecule has 0 spiro atoms. The number of aliphatic imine (C=N–C) groups is 1. The van der Waals surface area contributed by atoms with E-state index in [9.17, 15) is 0 Å². The predicted octanol–water partition coefficient (Wildman–Crippen LogP) is 2.30. The summed E-state index contributed by atoms with van der Waals surface area (Å²) in [6.07, 6.45) is 0. The number of morpholine rings is 1. The van der Waals surface area contributed by atoms with E-state index in [1.807, 2.05) is 30.3 Å². The van der Waals surface area contributed by atoms with Gasteiger partial charge in [0.15, 0.2) is 5.96 Å². The highest BCUT2D eigenvalue weighted by Gasteiger charge is 2.17. The summed E-state index contributed by atoms with van der Waals surface area (Å²) < 4.78 is 11.2. The molecule has 7 heteroatoms. The molecule has 0 bridgehead atoms. The summed E-state index contributed by atoms with van der Waals surface area (Å²) in [5.41, 5.74) is 0. The van der Waals surface area contributed by atoms with Gasteiger partial charge in [0.1, 0.15) is 12.4 Å². The first kappa shape index (κ1) is 23.0. The Hall–Kier alpha value is -1.06. The number of hydrogen-bond acceptors (Lipinski definition) is 4. The standard InChI is InChI=1S/C19H32N4O2.HI/c1-4-20-19(21-16-17(2)23-11-13-24-14-12-23)22(3)10-15-25-18-8-6-5-7-9-18;/h5-9,17H,4,10-16H2,1-3H3,(H,20,21);1H. The Morgan fingerprint density at radius 1 is 1.31 bits per heavy atom. The molecule has 0 radical (unpaired) electrons. The average Bonchev–Trinajstić information content (AvgIpc) is 2.66. The minimum atomic E-state index is 0. The number of nitrogens with zero attached hydrogens (tertiary/aromatic N) is 3. The largest absolute Gasteiger partial charge is 0.492 e. The van der Waals surface area contributed by atoms with Crippen LogP contribution < -0.4 is 10.1 Å². The van der Waals surface area contributed by atoms with Gasteiger partial charge < -0.3 is 19.7 Å². The van der Waals surface area contributed by atoms with Crippen LogP contribution in [0.4, 0.5) is 0 Å². The van der Waals surface area contributed by atoms with Crippen molar-refractivity contribution in [3.63, 3.8) is 0 Å². The maximum Gasteiger partial charge on any atom is 0.193 e. The van der Waals surface area contributed by atoms with Gasteiger partial charge in [-0.05, 0) is 26.0 Å². The third kappa shape index (κ3) is 8.09. The number of benzene rings is 1. The lowest BCUT2D eigenvalue weighted by Gasteiger charge is -2.31. The third-order valence-electron chi connectivity index (χ3n) is 4.31. The highest BCUT2D eigenvalue weighted by molar-refractivity contribution is 14.0. The summed E-state index contributed by atoms with van der Waals surface area (Å²) >= 11 is 0. The van der Waals surface area contributed by atoms with Gasteiger partial charge in [0.05, 0.1) is 26.3 Å². The van der Waals surface area contributed by atoms with Gasteiger partial charge in [0.25, 0.3) is 0 Å². The topological polar surface area (TPSA) is 49.3 Å². The van der Waals surface area contributed by atoms with E-state index in [1.54, 1.807) is 0 Å². The van der Waals surface area contributed by atoms with Gasteiger partial charge in [-0.15, -0.1) is 24.0 Å². The summed E-state index contributed by atoms with van der Waals surface area (Å²) in [5, 5.41) is 3.37. The van der Waals surface area contributed by atoms with Gasteiger partial charge in [0.2, 0.25) is 0 Å². The monoisotopic (exact) mass is 476 g/mol. The molecule has 0 amide bonds. The fourth-order valence-corrected chi connectivity index (χ4v) is 2.75. The van der Waals surface area contributed by atoms with Crippen LogP contribution in [-0.2, 0) is 4.74 Å². The van der Waals surface area contributed by atoms with E-state index in [-0.39, 0.29) is 24.0 Å². The van der Waals surface area contributed by atoms with Crippen molar-refractivity contribution in [3.05, 3.63) is 30.3 Å². The SMILES string of the molecule is CCNC(=NCC(C)N1CCOCC1)N(C)CCOc1ccccc1.I. The van der Waals surface area contributed by atoms with E-state index < -0.39 is 0 Å². The van der Waals surface area contributed by atoms with Crippen molar-refractivity contribution in [3.8, 4) is 5.75 Å². The second-order valence-corrected chi connectivity index (χ2v) is 6.28. The molecule has 0 saturated carbocycles. The lowest BCUT2D eigenvalue weighted by Crippen LogP contribution is -2.45. The smallest absolute Gasteiger partial charge is 0.193 e. The van der Waals surface area contributed by atoms with E-state index in [4.69, 9.17) is 14.5 Å². The maximum absolute atomic E-state index is 5.78. The van der Waals surface area contributed by atoms with Crippen molar-refractivity contribution < 1.29 is 9.47 Å². The van der Waals surface area contributed by atoms with Crippen LogP contribution in [0.25, 0.3) is 0 Å². The zero-order valence-corrected chi connectivity index (χ0v) is 18.5. The van der Waals surface area contributed by atoms with Crippen molar-refractivity contribution in [1.82, 2.24) is 15.1 Å². The fourth-order valence-electron chi connectivity index (χ4n) is 2.75. The summed E-state index contributed by atoms with van der Waals surface area (Å²) in [5.74, 6) is 1.83. The highest BCUT2D eigenvalue weighted by Crippen LogP contribution is 2.08. The Labute approximate surface area is 175 Å². The van der Waals surface area contributed by atoms with E-state index in [0.29, 0.717) is 12.6 Å². The van der Waals surface area contributed by atoms with Crippen LogP contribution in [0.5, 0.6) is 5.75 Å². The van der Waals surface area contributed by atoms with Crippen molar-refractivity contribution in [2.75, 3.05) is 59.6 Å². The quantitative estimate of drug-likeness (QED) is 0.355. The highest BCUT2D eigenvalue weighted by atomic mass is 127. The molecule has 26 heavy (non-hydrogen) atoms. The normalized spacial score (nSPS) is 16.5. The molecule has 1 fully saturated rings. The van der Waals surface area contributed by atoms with E-state index in [0.717, 1.165) is 57.6 Å². The number of para-hydroxylation sites is 1. The van der Waals surface area contributed by atoms with Gasteiger partial charge in [-0.1, -0.05) is 18.2 Å². The van der Waals surface area contributed by atoms with Gasteiger partial charge in [-0.2, -0.15) is 0 Å². The number of rotatable bonds is 8. The Kier molecular flexibility index (Phi) is 11.6. The lowest BCUT2D eigenvalue weighted by molar-refractivity contribution is 0.0220. The Morgan fingerprint density at radius 3 is 2.65 bits per heavy atom. The summed E-state index contributed by atoms with van der Waals surface area (Å²) in [4.78, 5) is 9.37. The minimum Gasteiger partial charge on any atom is -0.492 e. The maximum atomic E-state index is 5.78. The molecular formula is C19H33IN4O2. The first-order valence-electron chi connectivity index (χ1n) is 9.19. The fraction of sp³-hybridized carbons (Fsp3) is 0.632. The molecule has 0 aliphatic carbocycles. The van der Waals surface area contributed by atoms with Gasteiger partial charge in [-0.3, -0.25) is 9.89 Å². The second-order valence-electron chi connectivity index (χ2n) is 6.28. The molecular weight excluding hydrogens is 443 g/mol. The van der Waals surface area contributed by atoms with Crippen LogP contribution in [0.1, 0.15) is 13.8 Å². The Balaban J connectivity index is 0.00000338. The van der Waals surface area contributed by atoms with Crippen molar-refractivity contribution in [2.24, 2.45) is 4.99 Å². The van der Waals surface area contributed by atoms with Crippen LogP contribution in [0.2, 0.25) is 0 Å². The summed E-state index contributed by atoms with van der Waals surface area (Å²) in [7, 11) is 2.05. The molecule has 1 aliphatic rings. The second kappa shape index (κ2) is 13.2. The molecule has 1 aromatic rings. The molecule has 1 atom stereocenters.